The molecule has 3 atom stereocenters. The lowest BCUT2D eigenvalue weighted by Crippen LogP contribution is -2.59. The molecule has 0 bridgehead atoms. The van der Waals surface area contributed by atoms with Gasteiger partial charge in [-0.3, -0.25) is 16.0 Å². The third-order valence-electron chi connectivity index (χ3n) is 11.5. The van der Waals surface area contributed by atoms with E-state index in [-0.39, 0.29) is 23.9 Å². The average Bonchev–Trinajstić information content (AvgIpc) is 3.65. The predicted octanol–water partition coefficient (Wildman–Crippen LogP) is 10.8. The van der Waals surface area contributed by atoms with Gasteiger partial charge in [0, 0.05) is 21.9 Å². The van der Waals surface area contributed by atoms with Crippen molar-refractivity contribution >= 4 is 21.8 Å². The Balaban J connectivity index is 1.14. The van der Waals surface area contributed by atoms with E-state index in [9.17, 15) is 0 Å². The summed E-state index contributed by atoms with van der Waals surface area (Å²) in [5, 5.41) is 14.2. The van der Waals surface area contributed by atoms with Gasteiger partial charge in [0.1, 0.15) is 0 Å². The van der Waals surface area contributed by atoms with Crippen LogP contribution >= 0.6 is 0 Å². The summed E-state index contributed by atoms with van der Waals surface area (Å²) in [5.74, 6) is 0. The van der Waals surface area contributed by atoms with E-state index >= 15 is 0 Å². The second kappa shape index (κ2) is 12.3. The van der Waals surface area contributed by atoms with Gasteiger partial charge in [0.25, 0.3) is 0 Å². The fourth-order valence-corrected chi connectivity index (χ4v) is 8.86. The first-order valence-corrected chi connectivity index (χ1v) is 18.6. The van der Waals surface area contributed by atoms with E-state index in [4.69, 9.17) is 0 Å². The summed E-state index contributed by atoms with van der Waals surface area (Å²) in [6.45, 7) is 4.74. The van der Waals surface area contributed by atoms with Gasteiger partial charge in [0.15, 0.2) is 0 Å². The molecule has 0 radical (unpaired) electrons. The van der Waals surface area contributed by atoms with Crippen LogP contribution in [-0.2, 0) is 5.41 Å². The molecule has 3 N–H and O–H groups in total. The maximum Gasteiger partial charge on any atom is 0.0865 e. The molecule has 0 amide bonds. The van der Waals surface area contributed by atoms with Crippen LogP contribution in [0.2, 0.25) is 0 Å². The summed E-state index contributed by atoms with van der Waals surface area (Å²) in [7, 11) is 0. The molecule has 1 aliphatic heterocycles. The summed E-state index contributed by atoms with van der Waals surface area (Å²) >= 11 is 0. The maximum atomic E-state index is 3.91. The van der Waals surface area contributed by atoms with Crippen molar-refractivity contribution in [3.63, 3.8) is 0 Å². The Morgan fingerprint density at radius 2 is 1.25 bits per heavy atom. The number of aromatic nitrogens is 1. The molecule has 0 saturated carbocycles. The number of nitrogens with one attached hydrogen (secondary N) is 3. The van der Waals surface area contributed by atoms with Crippen molar-refractivity contribution in [2.45, 2.75) is 50.6 Å². The van der Waals surface area contributed by atoms with E-state index in [1.54, 1.807) is 0 Å². The molecule has 254 valence electrons. The van der Waals surface area contributed by atoms with Gasteiger partial charge in [-0.15, -0.1) is 0 Å². The van der Waals surface area contributed by atoms with Gasteiger partial charge in [0.2, 0.25) is 0 Å². The van der Waals surface area contributed by atoms with Crippen molar-refractivity contribution in [3.8, 4) is 27.9 Å². The van der Waals surface area contributed by atoms with Crippen LogP contribution in [0.5, 0.6) is 0 Å². The first kappa shape index (κ1) is 31.2. The summed E-state index contributed by atoms with van der Waals surface area (Å²) in [6.07, 6.45) is 9.04. The Morgan fingerprint density at radius 3 is 2.06 bits per heavy atom. The summed E-state index contributed by atoms with van der Waals surface area (Å²) in [4.78, 5) is 0. The monoisotopic (exact) mass is 674 g/mol. The van der Waals surface area contributed by atoms with Gasteiger partial charge >= 0.3 is 0 Å². The van der Waals surface area contributed by atoms with Crippen molar-refractivity contribution in [2.24, 2.45) is 0 Å². The highest BCUT2D eigenvalue weighted by Crippen LogP contribution is 2.51. The molecular weight excluding hydrogens is 633 g/mol. The fourth-order valence-electron chi connectivity index (χ4n) is 8.86. The molecule has 52 heavy (non-hydrogen) atoms. The van der Waals surface area contributed by atoms with Gasteiger partial charge < -0.3 is 4.57 Å². The zero-order valence-electron chi connectivity index (χ0n) is 29.6. The standard InChI is InChI=1S/C48H42N4/c1-48(2)41-24-13-12-23-37(41)38-30-44-40(29-42(38)48)39-28-34(31-15-6-3-7-16-31)25-26-43(39)52(44)36-22-14-21-35(27-36)47-50-45(32-17-8-4-9-18-32)49-46(51-47)33-19-10-5-11-20-33/h3-4,6-10,12-30,45-47,49-51H,5,11H2,1-2H3. The lowest BCUT2D eigenvalue weighted by atomic mass is 9.82. The topological polar surface area (TPSA) is 41.0 Å². The number of nitrogens with zero attached hydrogens (tertiary/aromatic N) is 1. The van der Waals surface area contributed by atoms with Crippen LogP contribution in [-0.4, -0.2) is 10.7 Å². The molecule has 6 aromatic carbocycles. The third kappa shape index (κ3) is 5.09. The van der Waals surface area contributed by atoms with Crippen molar-refractivity contribution in [1.82, 2.24) is 20.5 Å². The van der Waals surface area contributed by atoms with E-state index in [2.05, 4.69) is 192 Å². The second-order valence-corrected chi connectivity index (χ2v) is 15.0. The van der Waals surface area contributed by atoms with Gasteiger partial charge in [-0.25, -0.2) is 0 Å². The van der Waals surface area contributed by atoms with Gasteiger partial charge in [-0.1, -0.05) is 135 Å². The van der Waals surface area contributed by atoms with E-state index in [1.807, 2.05) is 0 Å². The SMILES string of the molecule is CC1(C)c2ccccc2-c2cc3c(cc21)c1cc(-c2ccccc2)ccc1n3-c1cccc(C2NC(C3=CCCC=C3)NC(c3ccccc3)N2)c1. The molecule has 4 heteroatoms. The molecule has 3 unspecified atom stereocenters. The quantitative estimate of drug-likeness (QED) is 0.170. The number of hydrogen-bond donors (Lipinski definition) is 3. The van der Waals surface area contributed by atoms with Crippen molar-refractivity contribution in [2.75, 3.05) is 0 Å². The van der Waals surface area contributed by atoms with Crippen LogP contribution in [0, 0.1) is 0 Å². The minimum atomic E-state index is -0.0767. The normalized spacial score (nSPS) is 20.5. The number of benzene rings is 6. The van der Waals surface area contributed by atoms with Crippen LogP contribution in [0.1, 0.15) is 61.3 Å². The zero-order valence-corrected chi connectivity index (χ0v) is 29.6. The first-order valence-electron chi connectivity index (χ1n) is 18.6. The summed E-state index contributed by atoms with van der Waals surface area (Å²) in [6, 6.07) is 51.4. The Bertz CT molecular complexity index is 2540. The fraction of sp³-hybridized carbons (Fsp3) is 0.167. The smallest absolute Gasteiger partial charge is 0.0865 e. The Labute approximate surface area is 305 Å². The zero-order chi connectivity index (χ0) is 34.8. The van der Waals surface area contributed by atoms with Crippen LogP contribution in [0.4, 0.5) is 0 Å². The number of fused-ring (bicyclic) bond motifs is 6. The number of hydrogen-bond acceptors (Lipinski definition) is 3. The largest absolute Gasteiger partial charge is 0.309 e. The molecule has 1 aromatic heterocycles. The molecule has 7 aromatic rings. The number of rotatable bonds is 5. The lowest BCUT2D eigenvalue weighted by Gasteiger charge is -2.40. The maximum absolute atomic E-state index is 3.91. The minimum absolute atomic E-state index is 0.00649. The van der Waals surface area contributed by atoms with E-state index in [0.717, 1.165) is 18.5 Å². The van der Waals surface area contributed by atoms with Crippen LogP contribution in [0.3, 0.4) is 0 Å². The molecule has 2 heterocycles. The molecule has 10 rings (SSSR count). The average molecular weight is 675 g/mol. The highest BCUT2D eigenvalue weighted by atomic mass is 15.4. The van der Waals surface area contributed by atoms with Crippen molar-refractivity contribution in [3.05, 3.63) is 186 Å². The second-order valence-electron chi connectivity index (χ2n) is 15.0. The van der Waals surface area contributed by atoms with E-state index in [1.165, 1.54) is 71.9 Å². The molecule has 1 fully saturated rings. The summed E-state index contributed by atoms with van der Waals surface area (Å²) in [5.41, 5.74) is 15.2. The minimum Gasteiger partial charge on any atom is -0.309 e. The Hall–Kier alpha value is -5.52. The van der Waals surface area contributed by atoms with Gasteiger partial charge in [-0.2, -0.15) is 0 Å². The van der Waals surface area contributed by atoms with Crippen molar-refractivity contribution < 1.29 is 0 Å². The first-order chi connectivity index (χ1) is 25.5. The van der Waals surface area contributed by atoms with Gasteiger partial charge in [-0.05, 0) is 99.3 Å². The molecule has 2 aliphatic carbocycles. The molecule has 0 spiro atoms. The predicted molar refractivity (Wildman–Crippen MR) is 215 cm³/mol. The molecule has 4 nitrogen and oxygen atoms in total. The summed E-state index contributed by atoms with van der Waals surface area (Å²) < 4.78 is 2.48. The van der Waals surface area contributed by atoms with Crippen LogP contribution in [0.25, 0.3) is 49.7 Å². The third-order valence-corrected chi connectivity index (χ3v) is 11.5. The number of allylic oxidation sites excluding steroid dienone is 2. The van der Waals surface area contributed by atoms with Crippen LogP contribution < -0.4 is 16.0 Å². The highest BCUT2D eigenvalue weighted by molar-refractivity contribution is 6.12. The van der Waals surface area contributed by atoms with E-state index < -0.39 is 0 Å². The Kier molecular flexibility index (Phi) is 7.40. The molecule has 3 aliphatic rings. The lowest BCUT2D eigenvalue weighted by molar-refractivity contribution is 0.224. The van der Waals surface area contributed by atoms with Crippen molar-refractivity contribution in [1.29, 1.82) is 0 Å². The highest BCUT2D eigenvalue weighted by Gasteiger charge is 2.36. The van der Waals surface area contributed by atoms with E-state index in [0.29, 0.717) is 0 Å². The molecule has 1 saturated heterocycles. The molecular formula is C48H42N4. The van der Waals surface area contributed by atoms with Crippen LogP contribution in [0.15, 0.2) is 163 Å². The van der Waals surface area contributed by atoms with Gasteiger partial charge in [0.05, 0.1) is 29.5 Å². The Morgan fingerprint density at radius 1 is 0.538 bits per heavy atom.